The van der Waals surface area contributed by atoms with Crippen molar-refractivity contribution in [3.05, 3.63) is 24.3 Å². The predicted molar refractivity (Wildman–Crippen MR) is 94.6 cm³/mol. The number of hydrogen-bond donors (Lipinski definition) is 2. The standard InChI is InChI=1S/C19H24N2O3/c1-2-3-4-5-6-9-18(22)20-15-10-12-16(13-11-15)21-19(23)17-8-7-14-24-17/h1,10-13,17H,3-9,14H2,(H,20,22)(H,21,23). The highest BCUT2D eigenvalue weighted by molar-refractivity contribution is 5.95. The van der Waals surface area contributed by atoms with Gasteiger partial charge in [0.25, 0.3) is 5.91 Å². The molecule has 0 aliphatic carbocycles. The van der Waals surface area contributed by atoms with Crippen LogP contribution in [0.15, 0.2) is 24.3 Å². The smallest absolute Gasteiger partial charge is 0.253 e. The second-order valence-electron chi connectivity index (χ2n) is 5.88. The topological polar surface area (TPSA) is 67.4 Å². The average Bonchev–Trinajstić information content (AvgIpc) is 3.11. The van der Waals surface area contributed by atoms with Crippen molar-refractivity contribution in [2.75, 3.05) is 17.2 Å². The highest BCUT2D eigenvalue weighted by atomic mass is 16.5. The summed E-state index contributed by atoms with van der Waals surface area (Å²) in [6.45, 7) is 0.645. The summed E-state index contributed by atoms with van der Waals surface area (Å²) in [7, 11) is 0. The van der Waals surface area contributed by atoms with Gasteiger partial charge in [0.2, 0.25) is 5.91 Å². The fraction of sp³-hybridized carbons (Fsp3) is 0.474. The minimum Gasteiger partial charge on any atom is -0.368 e. The van der Waals surface area contributed by atoms with Crippen molar-refractivity contribution in [3.8, 4) is 12.3 Å². The number of carbonyl (C=O) groups is 2. The van der Waals surface area contributed by atoms with Crippen molar-refractivity contribution < 1.29 is 14.3 Å². The van der Waals surface area contributed by atoms with Crippen LogP contribution in [0, 0.1) is 12.3 Å². The number of nitrogens with one attached hydrogen (secondary N) is 2. The van der Waals surface area contributed by atoms with Gasteiger partial charge in [-0.3, -0.25) is 9.59 Å². The summed E-state index contributed by atoms with van der Waals surface area (Å²) < 4.78 is 5.35. The molecule has 0 aromatic heterocycles. The third-order valence-corrected chi connectivity index (χ3v) is 3.88. The molecular weight excluding hydrogens is 304 g/mol. The van der Waals surface area contributed by atoms with Gasteiger partial charge in [-0.05, 0) is 49.9 Å². The summed E-state index contributed by atoms with van der Waals surface area (Å²) in [6, 6.07) is 7.10. The molecule has 5 nitrogen and oxygen atoms in total. The summed E-state index contributed by atoms with van der Waals surface area (Å²) in [5.74, 6) is 2.47. The summed E-state index contributed by atoms with van der Waals surface area (Å²) in [4.78, 5) is 23.8. The minimum absolute atomic E-state index is 0.00755. The zero-order valence-corrected chi connectivity index (χ0v) is 13.8. The Morgan fingerprint density at radius 3 is 2.46 bits per heavy atom. The Morgan fingerprint density at radius 2 is 1.83 bits per heavy atom. The van der Waals surface area contributed by atoms with Crippen LogP contribution in [0.3, 0.4) is 0 Å². The average molecular weight is 328 g/mol. The molecule has 128 valence electrons. The number of rotatable bonds is 8. The molecule has 1 unspecified atom stereocenters. The molecule has 0 radical (unpaired) electrons. The van der Waals surface area contributed by atoms with Gasteiger partial charge in [0, 0.05) is 30.8 Å². The van der Waals surface area contributed by atoms with E-state index in [9.17, 15) is 9.59 Å². The van der Waals surface area contributed by atoms with E-state index in [1.165, 1.54) is 0 Å². The molecule has 1 aliphatic rings. The third kappa shape index (κ3) is 6.05. The van der Waals surface area contributed by atoms with Gasteiger partial charge in [0.15, 0.2) is 0 Å². The zero-order chi connectivity index (χ0) is 17.2. The Labute approximate surface area is 143 Å². The van der Waals surface area contributed by atoms with Crippen LogP contribution < -0.4 is 10.6 Å². The lowest BCUT2D eigenvalue weighted by Crippen LogP contribution is -2.26. The van der Waals surface area contributed by atoms with Crippen molar-refractivity contribution in [1.29, 1.82) is 0 Å². The largest absolute Gasteiger partial charge is 0.368 e. The number of carbonyl (C=O) groups excluding carboxylic acids is 2. The number of anilines is 2. The number of amides is 2. The van der Waals surface area contributed by atoms with E-state index in [0.29, 0.717) is 18.7 Å². The summed E-state index contributed by atoms with van der Waals surface area (Å²) in [5.41, 5.74) is 1.42. The number of hydrogen-bond acceptors (Lipinski definition) is 3. The molecule has 2 rings (SSSR count). The SMILES string of the molecule is C#CCCCCCC(=O)Nc1ccc(NC(=O)C2CCCO2)cc1. The number of benzene rings is 1. The Balaban J connectivity index is 1.72. The quantitative estimate of drug-likeness (QED) is 0.568. The molecule has 1 fully saturated rings. The first-order valence-electron chi connectivity index (χ1n) is 8.45. The molecule has 0 bridgehead atoms. The van der Waals surface area contributed by atoms with Crippen LogP contribution >= 0.6 is 0 Å². The van der Waals surface area contributed by atoms with Gasteiger partial charge in [-0.15, -0.1) is 12.3 Å². The maximum atomic E-state index is 12.0. The van der Waals surface area contributed by atoms with E-state index in [0.717, 1.165) is 44.2 Å². The third-order valence-electron chi connectivity index (χ3n) is 3.88. The van der Waals surface area contributed by atoms with Crippen LogP contribution in [-0.2, 0) is 14.3 Å². The molecule has 1 aromatic rings. The molecule has 24 heavy (non-hydrogen) atoms. The Hall–Kier alpha value is -2.32. The molecule has 1 aliphatic heterocycles. The van der Waals surface area contributed by atoms with Crippen molar-refractivity contribution >= 4 is 23.2 Å². The molecule has 5 heteroatoms. The molecule has 1 aromatic carbocycles. The monoisotopic (exact) mass is 328 g/mol. The normalized spacial score (nSPS) is 16.4. The molecule has 1 atom stereocenters. The van der Waals surface area contributed by atoms with Crippen molar-refractivity contribution in [2.24, 2.45) is 0 Å². The van der Waals surface area contributed by atoms with Crippen molar-refractivity contribution in [1.82, 2.24) is 0 Å². The zero-order valence-electron chi connectivity index (χ0n) is 13.8. The maximum absolute atomic E-state index is 12.0. The fourth-order valence-electron chi connectivity index (χ4n) is 2.56. The van der Waals surface area contributed by atoms with Crippen LogP contribution in [0.4, 0.5) is 11.4 Å². The van der Waals surface area contributed by atoms with Gasteiger partial charge in [0.1, 0.15) is 6.10 Å². The first kappa shape index (κ1) is 18.0. The summed E-state index contributed by atoms with van der Waals surface area (Å²) >= 11 is 0. The van der Waals surface area contributed by atoms with Crippen LogP contribution in [0.25, 0.3) is 0 Å². The highest BCUT2D eigenvalue weighted by Gasteiger charge is 2.23. The first-order valence-corrected chi connectivity index (χ1v) is 8.45. The van der Waals surface area contributed by atoms with E-state index in [4.69, 9.17) is 11.2 Å². The number of ether oxygens (including phenoxy) is 1. The maximum Gasteiger partial charge on any atom is 0.253 e. The van der Waals surface area contributed by atoms with E-state index in [1.807, 2.05) is 0 Å². The second kappa shape index (κ2) is 9.74. The Bertz CT molecular complexity index is 584. The van der Waals surface area contributed by atoms with Gasteiger partial charge in [-0.2, -0.15) is 0 Å². The van der Waals surface area contributed by atoms with E-state index in [1.54, 1.807) is 24.3 Å². The molecule has 0 saturated carbocycles. The van der Waals surface area contributed by atoms with E-state index >= 15 is 0 Å². The Kier molecular flexibility index (Phi) is 7.31. The highest BCUT2D eigenvalue weighted by Crippen LogP contribution is 2.17. The van der Waals surface area contributed by atoms with Gasteiger partial charge < -0.3 is 15.4 Å². The molecular formula is C19H24N2O3. The van der Waals surface area contributed by atoms with Gasteiger partial charge >= 0.3 is 0 Å². The first-order chi connectivity index (χ1) is 11.7. The minimum atomic E-state index is -0.348. The number of terminal acetylenes is 1. The van der Waals surface area contributed by atoms with E-state index in [2.05, 4.69) is 16.6 Å². The summed E-state index contributed by atoms with van der Waals surface area (Å²) in [5, 5.41) is 5.68. The van der Waals surface area contributed by atoms with Crippen LogP contribution in [0.1, 0.15) is 44.9 Å². The summed E-state index contributed by atoms with van der Waals surface area (Å²) in [6.07, 6.45) is 10.5. The van der Waals surface area contributed by atoms with E-state index in [-0.39, 0.29) is 17.9 Å². The fourth-order valence-corrected chi connectivity index (χ4v) is 2.56. The van der Waals surface area contributed by atoms with Crippen molar-refractivity contribution in [2.45, 2.75) is 51.0 Å². The lowest BCUT2D eigenvalue weighted by atomic mass is 10.1. The Morgan fingerprint density at radius 1 is 1.12 bits per heavy atom. The van der Waals surface area contributed by atoms with Crippen molar-refractivity contribution in [3.63, 3.8) is 0 Å². The van der Waals surface area contributed by atoms with Gasteiger partial charge in [-0.1, -0.05) is 6.42 Å². The second-order valence-corrected chi connectivity index (χ2v) is 5.88. The lowest BCUT2D eigenvalue weighted by molar-refractivity contribution is -0.124. The van der Waals surface area contributed by atoms with Crippen LogP contribution in [-0.4, -0.2) is 24.5 Å². The lowest BCUT2D eigenvalue weighted by Gasteiger charge is -2.11. The van der Waals surface area contributed by atoms with E-state index < -0.39 is 0 Å². The molecule has 2 amide bonds. The van der Waals surface area contributed by atoms with Crippen LogP contribution in [0.5, 0.6) is 0 Å². The molecule has 0 spiro atoms. The number of unbranched alkanes of at least 4 members (excludes halogenated alkanes) is 3. The molecule has 1 heterocycles. The van der Waals surface area contributed by atoms with Gasteiger partial charge in [-0.25, -0.2) is 0 Å². The van der Waals surface area contributed by atoms with Crippen LogP contribution in [0.2, 0.25) is 0 Å². The molecule has 2 N–H and O–H groups in total. The predicted octanol–water partition coefficient (Wildman–Crippen LogP) is 3.33. The van der Waals surface area contributed by atoms with Gasteiger partial charge in [0.05, 0.1) is 0 Å². The molecule has 1 saturated heterocycles.